The summed E-state index contributed by atoms with van der Waals surface area (Å²) in [5.74, 6) is 2.43. The fourth-order valence-electron chi connectivity index (χ4n) is 7.62. The van der Waals surface area contributed by atoms with Gasteiger partial charge >= 0.3 is 0 Å². The molecule has 3 aliphatic heterocycles. The summed E-state index contributed by atoms with van der Waals surface area (Å²) < 4.78 is 13.7. The monoisotopic (exact) mass is 612 g/mol. The van der Waals surface area contributed by atoms with Crippen molar-refractivity contribution in [1.82, 2.24) is 24.8 Å². The van der Waals surface area contributed by atoms with E-state index in [4.69, 9.17) is 15.0 Å². The number of nitrogens with zero attached hydrogens (tertiary/aromatic N) is 8. The molecule has 1 amide bonds. The van der Waals surface area contributed by atoms with Crippen molar-refractivity contribution in [3.63, 3.8) is 0 Å². The molecular formula is C35H45FN8O. The summed E-state index contributed by atoms with van der Waals surface area (Å²) in [4.78, 5) is 39.6. The molecule has 0 N–H and O–H groups in total. The SMILES string of the molecule is Cc1cc(C(=O)N2CCN(C3CCCC3)CC2)cnc1N1CCN(c2cc(-c3ccc(F)cc3)nc(N3CCCC3C)n2)CC1. The van der Waals surface area contributed by atoms with Gasteiger partial charge in [0.05, 0.1) is 11.3 Å². The van der Waals surface area contributed by atoms with Crippen LogP contribution in [-0.2, 0) is 0 Å². The van der Waals surface area contributed by atoms with Gasteiger partial charge in [0, 0.05) is 88.8 Å². The highest BCUT2D eigenvalue weighted by atomic mass is 19.1. The number of piperazine rings is 2. The van der Waals surface area contributed by atoms with E-state index in [1.54, 1.807) is 18.3 Å². The fourth-order valence-corrected chi connectivity index (χ4v) is 7.62. The first kappa shape index (κ1) is 29.9. The molecule has 0 spiro atoms. The standard InChI is InChI=1S/C35H45FN8O/c1-25-22-28(34(45)43-20-14-40(15-21-43)30-7-3-4-8-30)24-37-33(25)42-18-16-41(17-19-42)32-23-31(27-9-11-29(36)12-10-27)38-35(39-32)44-13-5-6-26(44)2/h9-12,22-24,26,30H,3-8,13-21H2,1-2H3. The Morgan fingerprint density at radius 2 is 1.53 bits per heavy atom. The minimum Gasteiger partial charge on any atom is -0.353 e. The van der Waals surface area contributed by atoms with Crippen molar-refractivity contribution in [1.29, 1.82) is 0 Å². The third-order valence-electron chi connectivity index (χ3n) is 10.3. The summed E-state index contributed by atoms with van der Waals surface area (Å²) in [7, 11) is 0. The van der Waals surface area contributed by atoms with Crippen LogP contribution < -0.4 is 14.7 Å². The lowest BCUT2D eigenvalue weighted by atomic mass is 10.1. The van der Waals surface area contributed by atoms with E-state index in [-0.39, 0.29) is 11.7 Å². The molecule has 0 radical (unpaired) electrons. The zero-order valence-corrected chi connectivity index (χ0v) is 26.7. The van der Waals surface area contributed by atoms with Gasteiger partial charge in [-0.25, -0.2) is 14.4 Å². The molecule has 4 aliphatic rings. The molecule has 1 aliphatic carbocycles. The normalized spacial score (nSPS) is 21.6. The first-order chi connectivity index (χ1) is 21.9. The Balaban J connectivity index is 1.02. The number of rotatable bonds is 6. The minimum absolute atomic E-state index is 0.0943. The number of halogens is 1. The summed E-state index contributed by atoms with van der Waals surface area (Å²) in [6, 6.07) is 11.7. The Bertz CT molecular complexity index is 1490. The lowest BCUT2D eigenvalue weighted by molar-refractivity contribution is 0.0573. The molecule has 1 unspecified atom stereocenters. The summed E-state index contributed by atoms with van der Waals surface area (Å²) in [5.41, 5.74) is 3.41. The zero-order valence-electron chi connectivity index (χ0n) is 26.7. The molecule has 3 aromatic rings. The molecular weight excluding hydrogens is 567 g/mol. The highest BCUT2D eigenvalue weighted by Gasteiger charge is 2.30. The van der Waals surface area contributed by atoms with Crippen LogP contribution in [0.4, 0.5) is 22.0 Å². The van der Waals surface area contributed by atoms with Crippen LogP contribution >= 0.6 is 0 Å². The van der Waals surface area contributed by atoms with E-state index in [9.17, 15) is 9.18 Å². The van der Waals surface area contributed by atoms with Crippen molar-refractivity contribution in [3.8, 4) is 11.3 Å². The van der Waals surface area contributed by atoms with Crippen LogP contribution in [0.1, 0.15) is 61.4 Å². The van der Waals surface area contributed by atoms with Gasteiger partial charge in [-0.15, -0.1) is 0 Å². The van der Waals surface area contributed by atoms with Crippen LogP contribution in [0.15, 0.2) is 42.6 Å². The number of carbonyl (C=O) groups excluding carboxylic acids is 1. The van der Waals surface area contributed by atoms with Gasteiger partial charge in [-0.05, 0) is 75.4 Å². The maximum absolute atomic E-state index is 13.7. The van der Waals surface area contributed by atoms with Gasteiger partial charge < -0.3 is 19.6 Å². The third-order valence-corrected chi connectivity index (χ3v) is 10.3. The second kappa shape index (κ2) is 12.9. The van der Waals surface area contributed by atoms with Gasteiger partial charge in [-0.2, -0.15) is 4.98 Å². The number of anilines is 3. The Labute approximate surface area is 266 Å². The number of carbonyl (C=O) groups is 1. The number of hydrogen-bond donors (Lipinski definition) is 0. The lowest BCUT2D eigenvalue weighted by Crippen LogP contribution is -2.51. The molecule has 10 heteroatoms. The number of aromatic nitrogens is 3. The van der Waals surface area contributed by atoms with Gasteiger partial charge in [0.15, 0.2) is 0 Å². The quantitative estimate of drug-likeness (QED) is 0.385. The van der Waals surface area contributed by atoms with Crippen molar-refractivity contribution in [2.24, 2.45) is 0 Å². The van der Waals surface area contributed by atoms with Crippen molar-refractivity contribution >= 4 is 23.5 Å². The molecule has 3 saturated heterocycles. The Morgan fingerprint density at radius 3 is 2.20 bits per heavy atom. The number of aryl methyl sites for hydroxylation is 1. The topological polar surface area (TPSA) is 71.9 Å². The van der Waals surface area contributed by atoms with E-state index in [0.717, 1.165) is 106 Å². The van der Waals surface area contributed by atoms with Crippen LogP contribution in [0.5, 0.6) is 0 Å². The number of pyridine rings is 1. The van der Waals surface area contributed by atoms with Crippen LogP contribution in [-0.4, -0.2) is 102 Å². The van der Waals surface area contributed by atoms with Gasteiger partial charge in [0.25, 0.3) is 5.91 Å². The molecule has 5 heterocycles. The number of benzene rings is 1. The van der Waals surface area contributed by atoms with Gasteiger partial charge in [0.1, 0.15) is 17.5 Å². The van der Waals surface area contributed by atoms with Gasteiger partial charge in [-0.3, -0.25) is 9.69 Å². The Morgan fingerprint density at radius 1 is 0.822 bits per heavy atom. The highest BCUT2D eigenvalue weighted by Crippen LogP contribution is 2.30. The molecule has 45 heavy (non-hydrogen) atoms. The highest BCUT2D eigenvalue weighted by molar-refractivity contribution is 5.94. The van der Waals surface area contributed by atoms with E-state index in [1.165, 1.54) is 37.8 Å². The van der Waals surface area contributed by atoms with E-state index in [0.29, 0.717) is 17.6 Å². The molecule has 2 aromatic heterocycles. The second-order valence-corrected chi connectivity index (χ2v) is 13.2. The second-order valence-electron chi connectivity index (χ2n) is 13.2. The van der Waals surface area contributed by atoms with Crippen LogP contribution in [0, 0.1) is 12.7 Å². The maximum Gasteiger partial charge on any atom is 0.255 e. The summed E-state index contributed by atoms with van der Waals surface area (Å²) in [5, 5.41) is 0. The molecule has 1 aromatic carbocycles. The first-order valence-electron chi connectivity index (χ1n) is 16.8. The van der Waals surface area contributed by atoms with Gasteiger partial charge in [-0.1, -0.05) is 12.8 Å². The maximum atomic E-state index is 13.7. The lowest BCUT2D eigenvalue weighted by Gasteiger charge is -2.38. The zero-order chi connectivity index (χ0) is 30.9. The molecule has 9 nitrogen and oxygen atoms in total. The molecule has 238 valence electrons. The largest absolute Gasteiger partial charge is 0.353 e. The third kappa shape index (κ3) is 6.34. The van der Waals surface area contributed by atoms with E-state index in [2.05, 4.69) is 33.4 Å². The Hall–Kier alpha value is -3.79. The smallest absolute Gasteiger partial charge is 0.255 e. The Kier molecular flexibility index (Phi) is 8.57. The summed E-state index contributed by atoms with van der Waals surface area (Å²) in [6.45, 7) is 12.0. The van der Waals surface area contributed by atoms with Crippen LogP contribution in [0.2, 0.25) is 0 Å². The molecule has 4 fully saturated rings. The van der Waals surface area contributed by atoms with E-state index < -0.39 is 0 Å². The summed E-state index contributed by atoms with van der Waals surface area (Å²) >= 11 is 0. The van der Waals surface area contributed by atoms with Gasteiger partial charge in [0.2, 0.25) is 5.95 Å². The van der Waals surface area contributed by atoms with Crippen molar-refractivity contribution in [3.05, 3.63) is 59.5 Å². The molecule has 0 bridgehead atoms. The van der Waals surface area contributed by atoms with Crippen LogP contribution in [0.3, 0.4) is 0 Å². The number of hydrogen-bond acceptors (Lipinski definition) is 8. The average molecular weight is 613 g/mol. The fraction of sp³-hybridized carbons (Fsp3) is 0.543. The number of amides is 1. The summed E-state index contributed by atoms with van der Waals surface area (Å²) in [6.07, 6.45) is 9.33. The predicted molar refractivity (Wildman–Crippen MR) is 177 cm³/mol. The van der Waals surface area contributed by atoms with Crippen molar-refractivity contribution in [2.75, 3.05) is 73.6 Å². The van der Waals surface area contributed by atoms with E-state index >= 15 is 0 Å². The molecule has 1 atom stereocenters. The van der Waals surface area contributed by atoms with Crippen molar-refractivity contribution in [2.45, 2.75) is 64.5 Å². The van der Waals surface area contributed by atoms with Crippen molar-refractivity contribution < 1.29 is 9.18 Å². The van der Waals surface area contributed by atoms with Crippen LogP contribution in [0.25, 0.3) is 11.3 Å². The molecule has 7 rings (SSSR count). The molecule has 1 saturated carbocycles. The van der Waals surface area contributed by atoms with E-state index in [1.807, 2.05) is 17.0 Å². The predicted octanol–water partition coefficient (Wildman–Crippen LogP) is 5.00. The average Bonchev–Trinajstić information content (AvgIpc) is 3.77. The minimum atomic E-state index is -0.253. The first-order valence-corrected chi connectivity index (χ1v) is 16.8.